The molecule has 4 rings (SSSR count). The van der Waals surface area contributed by atoms with Gasteiger partial charge in [-0.05, 0) is 34.1 Å². The molecule has 4 aromatic rings. The van der Waals surface area contributed by atoms with Crippen LogP contribution >= 0.6 is 15.9 Å². The van der Waals surface area contributed by atoms with E-state index in [1.54, 1.807) is 48.7 Å². The maximum atomic E-state index is 13.1. The molecule has 0 fully saturated rings. The quantitative estimate of drug-likeness (QED) is 0.537. The fraction of sp³-hybridized carbons (Fsp3) is 0. The van der Waals surface area contributed by atoms with E-state index >= 15 is 0 Å². The van der Waals surface area contributed by atoms with Crippen LogP contribution < -0.4 is 5.73 Å². The SMILES string of the molecule is Nc1ncc(-c2cn(S(=O)(=O)c3ccccc3)c3ccccc23)nc1Br. The first-order chi connectivity index (χ1) is 12.5. The Hall–Kier alpha value is -2.71. The number of nitrogens with zero attached hydrogens (tertiary/aromatic N) is 3. The highest BCUT2D eigenvalue weighted by Crippen LogP contribution is 2.32. The molecule has 0 bridgehead atoms. The number of fused-ring (bicyclic) bond motifs is 1. The van der Waals surface area contributed by atoms with Crippen LogP contribution in [0.1, 0.15) is 0 Å². The molecular weight excluding hydrogens is 416 g/mol. The van der Waals surface area contributed by atoms with Crippen molar-refractivity contribution in [2.75, 3.05) is 5.73 Å². The summed E-state index contributed by atoms with van der Waals surface area (Å²) in [4.78, 5) is 8.70. The summed E-state index contributed by atoms with van der Waals surface area (Å²) >= 11 is 3.27. The van der Waals surface area contributed by atoms with Gasteiger partial charge in [0.05, 0.1) is 22.3 Å². The minimum absolute atomic E-state index is 0.219. The van der Waals surface area contributed by atoms with E-state index in [1.165, 1.54) is 10.2 Å². The van der Waals surface area contributed by atoms with Crippen molar-refractivity contribution in [3.05, 3.63) is 71.6 Å². The predicted octanol–water partition coefficient (Wildman–Crippen LogP) is 3.68. The highest BCUT2D eigenvalue weighted by Gasteiger charge is 2.22. The number of nitrogen functional groups attached to an aromatic ring is 1. The van der Waals surface area contributed by atoms with Crippen LogP contribution in [-0.2, 0) is 10.0 Å². The Balaban J connectivity index is 2.00. The molecule has 0 radical (unpaired) electrons. The first kappa shape index (κ1) is 16.7. The molecule has 0 aliphatic rings. The van der Waals surface area contributed by atoms with Crippen LogP contribution in [0.2, 0.25) is 0 Å². The Morgan fingerprint density at radius 2 is 1.69 bits per heavy atom. The maximum Gasteiger partial charge on any atom is 0.268 e. The van der Waals surface area contributed by atoms with Gasteiger partial charge in [0, 0.05) is 17.1 Å². The molecular formula is C18H13BrN4O2S. The second kappa shape index (κ2) is 6.22. The van der Waals surface area contributed by atoms with Crippen molar-refractivity contribution >= 4 is 42.7 Å². The lowest BCUT2D eigenvalue weighted by molar-refractivity contribution is 0.589. The van der Waals surface area contributed by atoms with Gasteiger partial charge < -0.3 is 5.73 Å². The van der Waals surface area contributed by atoms with Crippen LogP contribution in [-0.4, -0.2) is 22.4 Å². The molecule has 0 aliphatic heterocycles. The molecule has 0 saturated carbocycles. The van der Waals surface area contributed by atoms with E-state index in [4.69, 9.17) is 5.73 Å². The van der Waals surface area contributed by atoms with Crippen molar-refractivity contribution in [2.45, 2.75) is 4.90 Å². The van der Waals surface area contributed by atoms with Gasteiger partial charge in [0.2, 0.25) is 0 Å². The number of benzene rings is 2. The highest BCUT2D eigenvalue weighted by atomic mass is 79.9. The third kappa shape index (κ3) is 2.67. The van der Waals surface area contributed by atoms with Crippen molar-refractivity contribution in [1.82, 2.24) is 13.9 Å². The monoisotopic (exact) mass is 428 g/mol. The summed E-state index contributed by atoms with van der Waals surface area (Å²) in [5.41, 5.74) is 7.47. The molecule has 2 aromatic carbocycles. The first-order valence-electron chi connectivity index (χ1n) is 7.67. The third-order valence-electron chi connectivity index (χ3n) is 4.01. The second-order valence-electron chi connectivity index (χ2n) is 5.61. The van der Waals surface area contributed by atoms with Crippen LogP contribution in [0.5, 0.6) is 0 Å². The molecule has 0 aliphatic carbocycles. The lowest BCUT2D eigenvalue weighted by Gasteiger charge is -2.07. The van der Waals surface area contributed by atoms with Gasteiger partial charge in [0.1, 0.15) is 4.60 Å². The second-order valence-corrected chi connectivity index (χ2v) is 8.17. The molecule has 2 aromatic heterocycles. The van der Waals surface area contributed by atoms with Crippen LogP contribution in [0, 0.1) is 0 Å². The standard InChI is InChI=1S/C18H13BrN4O2S/c19-17-18(20)21-10-15(22-17)14-11-23(16-9-5-4-8-13(14)16)26(24,25)12-6-2-1-3-7-12/h1-11H,(H2,20,21). The minimum atomic E-state index is -3.74. The van der Waals surface area contributed by atoms with Gasteiger partial charge in [-0.1, -0.05) is 36.4 Å². The van der Waals surface area contributed by atoms with Crippen LogP contribution in [0.4, 0.5) is 5.82 Å². The molecule has 2 N–H and O–H groups in total. The molecule has 0 amide bonds. The van der Waals surface area contributed by atoms with Gasteiger partial charge in [0.15, 0.2) is 5.82 Å². The van der Waals surface area contributed by atoms with E-state index in [9.17, 15) is 8.42 Å². The van der Waals surface area contributed by atoms with Gasteiger partial charge in [-0.2, -0.15) is 0 Å². The Bertz CT molecular complexity index is 1220. The van der Waals surface area contributed by atoms with E-state index in [0.717, 1.165) is 5.39 Å². The van der Waals surface area contributed by atoms with Gasteiger partial charge in [-0.15, -0.1) is 0 Å². The zero-order valence-corrected chi connectivity index (χ0v) is 15.8. The largest absolute Gasteiger partial charge is 0.381 e. The molecule has 26 heavy (non-hydrogen) atoms. The number of anilines is 1. The van der Waals surface area contributed by atoms with E-state index in [-0.39, 0.29) is 10.7 Å². The highest BCUT2D eigenvalue weighted by molar-refractivity contribution is 9.10. The average molecular weight is 429 g/mol. The molecule has 6 nitrogen and oxygen atoms in total. The zero-order chi connectivity index (χ0) is 18.3. The van der Waals surface area contributed by atoms with Crippen molar-refractivity contribution < 1.29 is 8.42 Å². The van der Waals surface area contributed by atoms with Gasteiger partial charge in [-0.25, -0.2) is 22.4 Å². The van der Waals surface area contributed by atoms with Gasteiger partial charge in [-0.3, -0.25) is 0 Å². The maximum absolute atomic E-state index is 13.1. The number of halogens is 1. The topological polar surface area (TPSA) is 90.9 Å². The molecule has 130 valence electrons. The Kier molecular flexibility index (Phi) is 4.01. The number of rotatable bonds is 3. The zero-order valence-electron chi connectivity index (χ0n) is 13.4. The van der Waals surface area contributed by atoms with Crippen LogP contribution in [0.15, 0.2) is 76.5 Å². The summed E-state index contributed by atoms with van der Waals surface area (Å²) in [5.74, 6) is 0.273. The molecule has 0 saturated heterocycles. The number of hydrogen-bond donors (Lipinski definition) is 1. The number of aromatic nitrogens is 3. The fourth-order valence-corrected chi connectivity index (χ4v) is 4.45. The summed E-state index contributed by atoms with van der Waals surface area (Å²) in [6, 6.07) is 15.6. The lowest BCUT2D eigenvalue weighted by Crippen LogP contribution is -2.11. The average Bonchev–Trinajstić information content (AvgIpc) is 3.05. The van der Waals surface area contributed by atoms with Gasteiger partial charge in [0.25, 0.3) is 10.0 Å². The lowest BCUT2D eigenvalue weighted by atomic mass is 10.1. The van der Waals surface area contributed by atoms with Crippen molar-refractivity contribution in [1.29, 1.82) is 0 Å². The third-order valence-corrected chi connectivity index (χ3v) is 6.28. The number of para-hydroxylation sites is 1. The Morgan fingerprint density at radius 1 is 1.00 bits per heavy atom. The van der Waals surface area contributed by atoms with E-state index < -0.39 is 10.0 Å². The fourth-order valence-electron chi connectivity index (χ4n) is 2.76. The van der Waals surface area contributed by atoms with Crippen LogP contribution in [0.25, 0.3) is 22.2 Å². The van der Waals surface area contributed by atoms with E-state index in [0.29, 0.717) is 21.4 Å². The summed E-state index contributed by atoms with van der Waals surface area (Å²) in [6.45, 7) is 0. The summed E-state index contributed by atoms with van der Waals surface area (Å²) in [6.07, 6.45) is 3.10. The first-order valence-corrected chi connectivity index (χ1v) is 9.91. The van der Waals surface area contributed by atoms with Crippen molar-refractivity contribution in [3.63, 3.8) is 0 Å². The summed E-state index contributed by atoms with van der Waals surface area (Å²) < 4.78 is 27.9. The van der Waals surface area contributed by atoms with Crippen molar-refractivity contribution in [2.24, 2.45) is 0 Å². The van der Waals surface area contributed by atoms with E-state index in [2.05, 4.69) is 25.9 Å². The Labute approximate surface area is 158 Å². The summed E-state index contributed by atoms with van der Waals surface area (Å²) in [5, 5.41) is 0.762. The molecule has 0 unspecified atom stereocenters. The van der Waals surface area contributed by atoms with Crippen molar-refractivity contribution in [3.8, 4) is 11.3 Å². The number of nitrogens with two attached hydrogens (primary N) is 1. The minimum Gasteiger partial charge on any atom is -0.381 e. The molecule has 0 atom stereocenters. The normalized spacial score (nSPS) is 11.7. The number of hydrogen-bond acceptors (Lipinski definition) is 5. The van der Waals surface area contributed by atoms with E-state index in [1.807, 2.05) is 12.1 Å². The van der Waals surface area contributed by atoms with Gasteiger partial charge >= 0.3 is 0 Å². The molecule has 0 spiro atoms. The summed E-state index contributed by atoms with van der Waals surface area (Å²) in [7, 11) is -3.74. The molecule has 8 heteroatoms. The predicted molar refractivity (Wildman–Crippen MR) is 104 cm³/mol. The van der Waals surface area contributed by atoms with Crippen LogP contribution in [0.3, 0.4) is 0 Å². The Morgan fingerprint density at radius 3 is 2.42 bits per heavy atom. The molecule has 2 heterocycles. The smallest absolute Gasteiger partial charge is 0.268 e.